The van der Waals surface area contributed by atoms with Crippen LogP contribution in [-0.4, -0.2) is 38.6 Å². The SMILES string of the molecule is C=C1[C@H](O)[C@H](O)CO[C@@H]1n1ccc(=O)[nH]c1=O. The van der Waals surface area contributed by atoms with Crippen LogP contribution >= 0.6 is 0 Å². The van der Waals surface area contributed by atoms with Gasteiger partial charge >= 0.3 is 5.69 Å². The summed E-state index contributed by atoms with van der Waals surface area (Å²) in [5.41, 5.74) is -1.02. The highest BCUT2D eigenvalue weighted by Crippen LogP contribution is 2.26. The minimum Gasteiger partial charge on any atom is -0.388 e. The number of H-pyrrole nitrogens is 1. The van der Waals surface area contributed by atoms with Crippen molar-refractivity contribution in [2.75, 3.05) is 6.61 Å². The molecular weight excluding hydrogens is 228 g/mol. The molecule has 1 aliphatic rings. The fraction of sp³-hybridized carbons (Fsp3) is 0.400. The van der Waals surface area contributed by atoms with Crippen LogP contribution in [0.5, 0.6) is 0 Å². The molecule has 1 aromatic heterocycles. The normalized spacial score (nSPS) is 29.3. The molecule has 0 aromatic carbocycles. The third-order valence-electron chi connectivity index (χ3n) is 2.59. The molecular formula is C10H12N2O5. The fourth-order valence-electron chi connectivity index (χ4n) is 1.65. The number of ether oxygens (including phenoxy) is 1. The van der Waals surface area contributed by atoms with Gasteiger partial charge in [-0.1, -0.05) is 6.58 Å². The van der Waals surface area contributed by atoms with Crippen LogP contribution in [0.2, 0.25) is 0 Å². The number of nitrogens with one attached hydrogen (secondary N) is 1. The van der Waals surface area contributed by atoms with E-state index in [-0.39, 0.29) is 12.2 Å². The van der Waals surface area contributed by atoms with E-state index in [1.807, 2.05) is 0 Å². The summed E-state index contributed by atoms with van der Waals surface area (Å²) in [5.74, 6) is 0. The minimum atomic E-state index is -1.16. The molecule has 7 heteroatoms. The monoisotopic (exact) mass is 240 g/mol. The van der Waals surface area contributed by atoms with Crippen molar-refractivity contribution in [3.8, 4) is 0 Å². The second-order valence-electron chi connectivity index (χ2n) is 3.79. The molecule has 0 bridgehead atoms. The molecule has 3 atom stereocenters. The Balaban J connectivity index is 2.38. The van der Waals surface area contributed by atoms with E-state index < -0.39 is 29.7 Å². The first-order valence-corrected chi connectivity index (χ1v) is 4.98. The van der Waals surface area contributed by atoms with Crippen LogP contribution in [0.1, 0.15) is 6.23 Å². The van der Waals surface area contributed by atoms with Crippen molar-refractivity contribution in [1.82, 2.24) is 9.55 Å². The van der Waals surface area contributed by atoms with Gasteiger partial charge in [0.05, 0.1) is 6.61 Å². The Hall–Kier alpha value is -1.70. The zero-order valence-corrected chi connectivity index (χ0v) is 8.87. The predicted octanol–water partition coefficient (Wildman–Crippen LogP) is -1.66. The van der Waals surface area contributed by atoms with Gasteiger partial charge in [0.2, 0.25) is 0 Å². The summed E-state index contributed by atoms with van der Waals surface area (Å²) in [5, 5.41) is 19.0. The van der Waals surface area contributed by atoms with Crippen molar-refractivity contribution in [3.63, 3.8) is 0 Å². The minimum absolute atomic E-state index is 0.115. The van der Waals surface area contributed by atoms with Crippen LogP contribution in [0.15, 0.2) is 34.0 Å². The van der Waals surface area contributed by atoms with E-state index in [0.717, 1.165) is 10.6 Å². The van der Waals surface area contributed by atoms with E-state index >= 15 is 0 Å². The third-order valence-corrected chi connectivity index (χ3v) is 2.59. The number of hydrogen-bond donors (Lipinski definition) is 3. The average Bonchev–Trinajstić information content (AvgIpc) is 2.28. The van der Waals surface area contributed by atoms with Crippen LogP contribution < -0.4 is 11.2 Å². The van der Waals surface area contributed by atoms with Gasteiger partial charge in [-0.3, -0.25) is 14.3 Å². The van der Waals surface area contributed by atoms with Gasteiger partial charge < -0.3 is 14.9 Å². The van der Waals surface area contributed by atoms with Crippen molar-refractivity contribution in [3.05, 3.63) is 45.3 Å². The molecule has 0 amide bonds. The number of nitrogens with zero attached hydrogens (tertiary/aromatic N) is 1. The highest BCUT2D eigenvalue weighted by molar-refractivity contribution is 5.12. The maximum absolute atomic E-state index is 11.5. The fourth-order valence-corrected chi connectivity index (χ4v) is 1.65. The lowest BCUT2D eigenvalue weighted by Crippen LogP contribution is -2.44. The van der Waals surface area contributed by atoms with Crippen LogP contribution in [0.25, 0.3) is 0 Å². The van der Waals surface area contributed by atoms with Crippen molar-refractivity contribution >= 4 is 0 Å². The Bertz CT molecular complexity index is 546. The summed E-state index contributed by atoms with van der Waals surface area (Å²) < 4.78 is 6.31. The number of rotatable bonds is 1. The van der Waals surface area contributed by atoms with E-state index in [4.69, 9.17) is 4.74 Å². The van der Waals surface area contributed by atoms with Crippen LogP contribution in [-0.2, 0) is 4.74 Å². The first-order chi connectivity index (χ1) is 8.00. The third kappa shape index (κ3) is 2.07. The van der Waals surface area contributed by atoms with Gasteiger partial charge in [-0.15, -0.1) is 0 Å². The topological polar surface area (TPSA) is 105 Å². The highest BCUT2D eigenvalue weighted by Gasteiger charge is 2.33. The van der Waals surface area contributed by atoms with Crippen molar-refractivity contribution in [2.24, 2.45) is 0 Å². The smallest absolute Gasteiger partial charge is 0.330 e. The Labute approximate surface area is 95.6 Å². The molecule has 17 heavy (non-hydrogen) atoms. The Morgan fingerprint density at radius 2 is 2.18 bits per heavy atom. The molecule has 0 spiro atoms. The van der Waals surface area contributed by atoms with Crippen molar-refractivity contribution in [1.29, 1.82) is 0 Å². The molecule has 2 heterocycles. The summed E-state index contributed by atoms with van der Waals surface area (Å²) >= 11 is 0. The van der Waals surface area contributed by atoms with E-state index in [1.54, 1.807) is 0 Å². The molecule has 0 unspecified atom stereocenters. The summed E-state index contributed by atoms with van der Waals surface area (Å²) in [6.07, 6.45) is -1.86. The number of aromatic nitrogens is 2. The lowest BCUT2D eigenvalue weighted by molar-refractivity contribution is -0.107. The van der Waals surface area contributed by atoms with Crippen LogP contribution in [0, 0.1) is 0 Å². The van der Waals surface area contributed by atoms with Gasteiger partial charge in [0.15, 0.2) is 6.23 Å². The average molecular weight is 240 g/mol. The first kappa shape index (κ1) is 11.8. The maximum atomic E-state index is 11.5. The van der Waals surface area contributed by atoms with Crippen LogP contribution in [0.3, 0.4) is 0 Å². The van der Waals surface area contributed by atoms with Gasteiger partial charge in [0, 0.05) is 17.8 Å². The summed E-state index contributed by atoms with van der Waals surface area (Å²) in [6.45, 7) is 3.47. The van der Waals surface area contributed by atoms with E-state index in [2.05, 4.69) is 11.6 Å². The number of aliphatic hydroxyl groups is 2. The summed E-state index contributed by atoms with van der Waals surface area (Å²) in [6, 6.07) is 1.16. The first-order valence-electron chi connectivity index (χ1n) is 4.98. The quantitative estimate of drug-likeness (QED) is 0.510. The molecule has 3 N–H and O–H groups in total. The lowest BCUT2D eigenvalue weighted by Gasteiger charge is -2.33. The maximum Gasteiger partial charge on any atom is 0.330 e. The molecule has 1 fully saturated rings. The highest BCUT2D eigenvalue weighted by atomic mass is 16.5. The predicted molar refractivity (Wildman–Crippen MR) is 57.5 cm³/mol. The lowest BCUT2D eigenvalue weighted by atomic mass is 10.0. The van der Waals surface area contributed by atoms with Crippen LogP contribution in [0.4, 0.5) is 0 Å². The second-order valence-corrected chi connectivity index (χ2v) is 3.79. The van der Waals surface area contributed by atoms with E-state index in [1.165, 1.54) is 6.20 Å². The number of aliphatic hydroxyl groups excluding tert-OH is 2. The number of aromatic amines is 1. The second kappa shape index (κ2) is 4.28. The summed E-state index contributed by atoms with van der Waals surface area (Å²) in [7, 11) is 0. The molecule has 1 aromatic rings. The Morgan fingerprint density at radius 1 is 1.47 bits per heavy atom. The molecule has 7 nitrogen and oxygen atoms in total. The van der Waals surface area contributed by atoms with Gasteiger partial charge in [-0.25, -0.2) is 4.79 Å². The molecule has 1 saturated heterocycles. The molecule has 1 aliphatic heterocycles. The number of hydrogen-bond acceptors (Lipinski definition) is 5. The van der Waals surface area contributed by atoms with Gasteiger partial charge in [-0.2, -0.15) is 0 Å². The van der Waals surface area contributed by atoms with E-state index in [9.17, 15) is 19.8 Å². The largest absolute Gasteiger partial charge is 0.388 e. The Kier molecular flexibility index (Phi) is 2.97. The standard InChI is InChI=1S/C10H12N2O5/c1-5-8(15)6(13)4-17-9(5)12-3-2-7(14)11-10(12)16/h2-3,6,8-9,13,15H,1,4H2,(H,11,14,16)/t6-,8+,9+/m1/s1. The zero-order chi connectivity index (χ0) is 12.6. The summed E-state index contributed by atoms with van der Waals surface area (Å²) in [4.78, 5) is 24.5. The molecule has 0 aliphatic carbocycles. The zero-order valence-electron chi connectivity index (χ0n) is 8.87. The van der Waals surface area contributed by atoms with Crippen molar-refractivity contribution in [2.45, 2.75) is 18.4 Å². The van der Waals surface area contributed by atoms with Gasteiger partial charge in [0.25, 0.3) is 5.56 Å². The van der Waals surface area contributed by atoms with Gasteiger partial charge in [-0.05, 0) is 0 Å². The molecule has 2 rings (SSSR count). The molecule has 92 valence electrons. The molecule has 0 radical (unpaired) electrons. The Morgan fingerprint density at radius 3 is 2.82 bits per heavy atom. The van der Waals surface area contributed by atoms with Crippen molar-refractivity contribution < 1.29 is 14.9 Å². The van der Waals surface area contributed by atoms with Gasteiger partial charge in [0.1, 0.15) is 12.2 Å². The molecule has 0 saturated carbocycles. The van der Waals surface area contributed by atoms with E-state index in [0.29, 0.717) is 0 Å².